The Morgan fingerprint density at radius 1 is 1.82 bits per heavy atom. The number of allylic oxidation sites excluding steroid dienone is 1. The van der Waals surface area contributed by atoms with Gasteiger partial charge in [-0.15, -0.1) is 6.58 Å². The maximum absolute atomic E-state index is 12.2. The Labute approximate surface area is 89.3 Å². The molecular formula is C7H12FNaO2. The third kappa shape index (κ3) is 8.04. The second-order valence-electron chi connectivity index (χ2n) is 2.03. The third-order valence-electron chi connectivity index (χ3n) is 1.13. The maximum Gasteiger partial charge on any atom is 1.00 e. The van der Waals surface area contributed by atoms with Crippen LogP contribution < -0.4 is 29.6 Å². The molecule has 0 saturated carbocycles. The van der Waals surface area contributed by atoms with Crippen molar-refractivity contribution in [2.45, 2.75) is 25.4 Å². The van der Waals surface area contributed by atoms with E-state index in [1.165, 1.54) is 0 Å². The second-order valence-corrected chi connectivity index (χ2v) is 2.03. The molecule has 0 bridgehead atoms. The predicted molar refractivity (Wildman–Crippen MR) is 37.7 cm³/mol. The molecule has 0 aromatic carbocycles. The molecule has 0 amide bonds. The van der Waals surface area contributed by atoms with Crippen molar-refractivity contribution >= 4 is 5.97 Å². The van der Waals surface area contributed by atoms with Gasteiger partial charge >= 0.3 is 35.5 Å². The number of carbonyl (C=O) groups is 1. The van der Waals surface area contributed by atoms with E-state index in [4.69, 9.17) is 5.11 Å². The Bertz CT molecular complexity index is 133. The summed E-state index contributed by atoms with van der Waals surface area (Å²) in [7, 11) is 0. The minimum Gasteiger partial charge on any atom is -1.00 e. The van der Waals surface area contributed by atoms with Gasteiger partial charge < -0.3 is 6.53 Å². The molecule has 0 aromatic rings. The van der Waals surface area contributed by atoms with Crippen molar-refractivity contribution in [1.82, 2.24) is 0 Å². The molecule has 0 aliphatic carbocycles. The number of carboxylic acids is 1. The summed E-state index contributed by atoms with van der Waals surface area (Å²) >= 11 is 0. The minimum absolute atomic E-state index is 0. The molecular weight excluding hydrogens is 158 g/mol. The van der Waals surface area contributed by atoms with Gasteiger partial charge in [0.1, 0.15) is 0 Å². The zero-order valence-corrected chi connectivity index (χ0v) is 8.72. The van der Waals surface area contributed by atoms with E-state index < -0.39 is 12.1 Å². The number of alkyl halides is 1. The summed E-state index contributed by atoms with van der Waals surface area (Å²) in [4.78, 5) is 9.89. The number of aliphatic carboxylic acids is 1. The summed E-state index contributed by atoms with van der Waals surface area (Å²) in [6, 6.07) is 0. The number of carboxylic acid groups (broad SMARTS) is 1. The first kappa shape index (κ1) is 13.7. The third-order valence-corrected chi connectivity index (χ3v) is 1.13. The van der Waals surface area contributed by atoms with Crippen molar-refractivity contribution in [3.05, 3.63) is 12.7 Å². The van der Waals surface area contributed by atoms with Gasteiger partial charge in [-0.1, -0.05) is 6.08 Å². The van der Waals surface area contributed by atoms with E-state index >= 15 is 0 Å². The molecule has 0 fully saturated rings. The van der Waals surface area contributed by atoms with E-state index in [1.54, 1.807) is 6.08 Å². The van der Waals surface area contributed by atoms with Crippen LogP contribution in [-0.4, -0.2) is 17.2 Å². The van der Waals surface area contributed by atoms with Gasteiger partial charge in [-0.25, -0.2) is 9.18 Å². The van der Waals surface area contributed by atoms with Crippen LogP contribution >= 0.6 is 0 Å². The Morgan fingerprint density at radius 2 is 2.36 bits per heavy atom. The van der Waals surface area contributed by atoms with E-state index in [9.17, 15) is 9.18 Å². The number of hydrogen-bond donors (Lipinski definition) is 1. The average Bonchev–Trinajstić information content (AvgIpc) is 1.88. The largest absolute Gasteiger partial charge is 1.00 e. The van der Waals surface area contributed by atoms with Gasteiger partial charge in [-0.05, 0) is 19.3 Å². The van der Waals surface area contributed by atoms with Gasteiger partial charge in [0, 0.05) is 0 Å². The predicted octanol–water partition coefficient (Wildman–Crippen LogP) is -1.12. The van der Waals surface area contributed by atoms with Crippen LogP contribution in [0.15, 0.2) is 12.7 Å². The summed E-state index contributed by atoms with van der Waals surface area (Å²) < 4.78 is 12.2. The molecule has 2 nitrogen and oxygen atoms in total. The molecule has 1 unspecified atom stereocenters. The second kappa shape index (κ2) is 8.24. The van der Waals surface area contributed by atoms with E-state index in [-0.39, 0.29) is 37.4 Å². The first-order chi connectivity index (χ1) is 4.68. The zero-order valence-electron chi connectivity index (χ0n) is 7.72. The summed E-state index contributed by atoms with van der Waals surface area (Å²) in [6.45, 7) is 3.43. The number of hydrogen-bond acceptors (Lipinski definition) is 1. The van der Waals surface area contributed by atoms with Crippen molar-refractivity contribution < 1.29 is 45.3 Å². The Balaban J connectivity index is -0.000000405. The van der Waals surface area contributed by atoms with Crippen molar-refractivity contribution in [1.29, 1.82) is 0 Å². The summed E-state index contributed by atoms with van der Waals surface area (Å²) in [5.41, 5.74) is 0. The smallest absolute Gasteiger partial charge is 1.00 e. The standard InChI is InChI=1S/C7H11FO2.Na.H/c1-2-3-4-5-6(8)7(9)10;;/h2,6H,1,3-5H2,(H,9,10);;/q;+1;-1. The number of rotatable bonds is 5. The van der Waals surface area contributed by atoms with Crippen LogP contribution in [0.25, 0.3) is 0 Å². The van der Waals surface area contributed by atoms with E-state index in [2.05, 4.69) is 6.58 Å². The fourth-order valence-electron chi connectivity index (χ4n) is 0.565. The van der Waals surface area contributed by atoms with E-state index in [0.717, 1.165) is 0 Å². The maximum atomic E-state index is 12.2. The fourth-order valence-corrected chi connectivity index (χ4v) is 0.565. The van der Waals surface area contributed by atoms with Gasteiger partial charge in [0.15, 0.2) is 6.17 Å². The zero-order chi connectivity index (χ0) is 7.98. The molecule has 1 atom stereocenters. The van der Waals surface area contributed by atoms with Crippen LogP contribution in [0.1, 0.15) is 20.7 Å². The van der Waals surface area contributed by atoms with Crippen LogP contribution in [0.3, 0.4) is 0 Å². The molecule has 0 heterocycles. The first-order valence-electron chi connectivity index (χ1n) is 3.16. The Morgan fingerprint density at radius 3 is 2.73 bits per heavy atom. The minimum atomic E-state index is -1.71. The van der Waals surface area contributed by atoms with Crippen LogP contribution in [0.4, 0.5) is 4.39 Å². The fraction of sp³-hybridized carbons (Fsp3) is 0.571. The molecule has 4 heteroatoms. The van der Waals surface area contributed by atoms with Gasteiger partial charge in [0.2, 0.25) is 0 Å². The van der Waals surface area contributed by atoms with Gasteiger partial charge in [-0.3, -0.25) is 0 Å². The topological polar surface area (TPSA) is 37.3 Å². The van der Waals surface area contributed by atoms with Gasteiger partial charge in [0.05, 0.1) is 0 Å². The van der Waals surface area contributed by atoms with Crippen molar-refractivity contribution in [2.24, 2.45) is 0 Å². The van der Waals surface area contributed by atoms with Crippen molar-refractivity contribution in [2.75, 3.05) is 0 Å². The van der Waals surface area contributed by atoms with Crippen LogP contribution in [0.2, 0.25) is 0 Å². The molecule has 0 aromatic heterocycles. The Hall–Kier alpha value is 0.140. The monoisotopic (exact) mass is 170 g/mol. The quantitative estimate of drug-likeness (QED) is 0.322. The molecule has 0 rings (SSSR count). The number of unbranched alkanes of at least 4 members (excludes halogenated alkanes) is 1. The van der Waals surface area contributed by atoms with Crippen molar-refractivity contribution in [3.8, 4) is 0 Å². The molecule has 0 aliphatic rings. The molecule has 0 spiro atoms. The van der Waals surface area contributed by atoms with Crippen LogP contribution in [0.5, 0.6) is 0 Å². The summed E-state index contributed by atoms with van der Waals surface area (Å²) in [5, 5.41) is 8.08. The average molecular weight is 170 g/mol. The Kier molecular flexibility index (Phi) is 10.3. The molecule has 0 radical (unpaired) electrons. The van der Waals surface area contributed by atoms with Crippen molar-refractivity contribution in [3.63, 3.8) is 0 Å². The molecule has 1 N–H and O–H groups in total. The van der Waals surface area contributed by atoms with E-state index in [0.29, 0.717) is 12.8 Å². The van der Waals surface area contributed by atoms with Gasteiger partial charge in [0.25, 0.3) is 0 Å². The van der Waals surface area contributed by atoms with Crippen LogP contribution in [0, 0.1) is 0 Å². The summed E-state index contributed by atoms with van der Waals surface area (Å²) in [5.74, 6) is -1.37. The van der Waals surface area contributed by atoms with Crippen LogP contribution in [-0.2, 0) is 4.79 Å². The normalized spacial score (nSPS) is 11.4. The summed E-state index contributed by atoms with van der Waals surface area (Å²) in [6.07, 6.45) is 1.25. The van der Waals surface area contributed by atoms with E-state index in [1.807, 2.05) is 0 Å². The number of halogens is 1. The first-order valence-corrected chi connectivity index (χ1v) is 3.16. The molecule has 60 valence electrons. The molecule has 0 aliphatic heterocycles. The molecule has 11 heavy (non-hydrogen) atoms. The SMILES string of the molecule is C=CCCCC(F)C(=O)O.[H-].[Na+]. The molecule has 0 saturated heterocycles. The van der Waals surface area contributed by atoms with Gasteiger partial charge in [-0.2, -0.15) is 0 Å².